The zero-order valence-corrected chi connectivity index (χ0v) is 18.5. The van der Waals surface area contributed by atoms with E-state index in [9.17, 15) is 9.59 Å². The lowest BCUT2D eigenvalue weighted by atomic mass is 10.1. The number of halogens is 3. The van der Waals surface area contributed by atoms with E-state index in [1.54, 1.807) is 42.5 Å². The predicted molar refractivity (Wildman–Crippen MR) is 117 cm³/mol. The van der Waals surface area contributed by atoms with Gasteiger partial charge in [-0.2, -0.15) is 0 Å². The molecule has 1 N–H and O–H groups in total. The summed E-state index contributed by atoms with van der Waals surface area (Å²) in [7, 11) is 0. The van der Waals surface area contributed by atoms with Gasteiger partial charge in [0.15, 0.2) is 6.61 Å². The van der Waals surface area contributed by atoms with Gasteiger partial charge < -0.3 is 15.0 Å². The zero-order valence-electron chi connectivity index (χ0n) is 16.3. The smallest absolute Gasteiger partial charge is 0.261 e. The number of nitrogens with one attached hydrogen (secondary N) is 1. The summed E-state index contributed by atoms with van der Waals surface area (Å²) in [5.41, 5.74) is 0.574. The summed E-state index contributed by atoms with van der Waals surface area (Å²) in [5.74, 6) is -0.229. The molecular weight excluding hydrogens is 435 g/mol. The molecule has 0 saturated heterocycles. The Morgan fingerprint density at radius 1 is 1.00 bits per heavy atom. The molecule has 29 heavy (non-hydrogen) atoms. The van der Waals surface area contributed by atoms with Crippen molar-refractivity contribution in [1.29, 1.82) is 0 Å². The van der Waals surface area contributed by atoms with Gasteiger partial charge in [0, 0.05) is 28.7 Å². The van der Waals surface area contributed by atoms with Gasteiger partial charge in [-0.25, -0.2) is 0 Å². The van der Waals surface area contributed by atoms with E-state index in [0.717, 1.165) is 0 Å². The van der Waals surface area contributed by atoms with Crippen LogP contribution in [0.1, 0.15) is 25.8 Å². The zero-order chi connectivity index (χ0) is 21.4. The van der Waals surface area contributed by atoms with Gasteiger partial charge in [0.2, 0.25) is 5.91 Å². The summed E-state index contributed by atoms with van der Waals surface area (Å²) in [6.45, 7) is 3.92. The highest BCUT2D eigenvalue weighted by atomic mass is 35.5. The van der Waals surface area contributed by atoms with Crippen LogP contribution >= 0.6 is 34.8 Å². The Morgan fingerprint density at radius 3 is 2.21 bits per heavy atom. The van der Waals surface area contributed by atoms with Crippen LogP contribution in [0.25, 0.3) is 0 Å². The first kappa shape index (κ1) is 23.3. The van der Waals surface area contributed by atoms with E-state index in [1.807, 2.05) is 13.8 Å². The molecule has 0 bridgehead atoms. The van der Waals surface area contributed by atoms with Crippen molar-refractivity contribution >= 4 is 46.6 Å². The van der Waals surface area contributed by atoms with Crippen LogP contribution in [0.15, 0.2) is 42.5 Å². The number of hydrogen-bond acceptors (Lipinski definition) is 3. The first-order valence-electron chi connectivity index (χ1n) is 9.26. The maximum atomic E-state index is 13.1. The summed E-state index contributed by atoms with van der Waals surface area (Å²) in [6, 6.07) is 11.3. The van der Waals surface area contributed by atoms with Crippen molar-refractivity contribution in [1.82, 2.24) is 10.2 Å². The quantitative estimate of drug-likeness (QED) is 0.578. The molecule has 0 heterocycles. The fourth-order valence-electron chi connectivity index (χ4n) is 2.85. The molecule has 2 amide bonds. The monoisotopic (exact) mass is 456 g/mol. The molecule has 0 aromatic heterocycles. The van der Waals surface area contributed by atoms with Crippen molar-refractivity contribution in [3.8, 4) is 5.75 Å². The second kappa shape index (κ2) is 11.3. The average molecular weight is 458 g/mol. The van der Waals surface area contributed by atoms with Crippen molar-refractivity contribution in [2.24, 2.45) is 0 Å². The molecule has 0 aliphatic heterocycles. The third kappa shape index (κ3) is 6.26. The van der Waals surface area contributed by atoms with Crippen molar-refractivity contribution in [2.75, 3.05) is 13.2 Å². The highest BCUT2D eigenvalue weighted by Gasteiger charge is 2.29. The number of ether oxygens (including phenoxy) is 1. The Balaban J connectivity index is 2.28. The normalized spacial score (nSPS) is 11.6. The van der Waals surface area contributed by atoms with Crippen molar-refractivity contribution < 1.29 is 14.3 Å². The van der Waals surface area contributed by atoms with Gasteiger partial charge in [0.1, 0.15) is 11.8 Å². The van der Waals surface area contributed by atoms with E-state index in [4.69, 9.17) is 39.5 Å². The van der Waals surface area contributed by atoms with Gasteiger partial charge in [-0.1, -0.05) is 59.9 Å². The number of benzene rings is 2. The maximum Gasteiger partial charge on any atom is 0.261 e. The molecule has 0 saturated carbocycles. The molecule has 156 valence electrons. The minimum Gasteiger partial charge on any atom is -0.482 e. The summed E-state index contributed by atoms with van der Waals surface area (Å²) in [4.78, 5) is 27.1. The summed E-state index contributed by atoms with van der Waals surface area (Å²) >= 11 is 18.7. The molecule has 1 atom stereocenters. The molecule has 8 heteroatoms. The van der Waals surface area contributed by atoms with Gasteiger partial charge >= 0.3 is 0 Å². The minimum atomic E-state index is -0.690. The molecule has 2 aromatic carbocycles. The molecule has 0 aliphatic carbocycles. The molecule has 2 aromatic rings. The first-order valence-corrected chi connectivity index (χ1v) is 10.4. The van der Waals surface area contributed by atoms with Crippen LogP contribution in [0, 0.1) is 0 Å². The molecule has 0 fully saturated rings. The van der Waals surface area contributed by atoms with Crippen LogP contribution in [0.2, 0.25) is 15.1 Å². The average Bonchev–Trinajstić information content (AvgIpc) is 2.69. The molecule has 5 nitrogen and oxygen atoms in total. The van der Waals surface area contributed by atoms with E-state index < -0.39 is 6.04 Å². The third-order valence-corrected chi connectivity index (χ3v) is 5.34. The highest BCUT2D eigenvalue weighted by molar-refractivity contribution is 6.36. The summed E-state index contributed by atoms with van der Waals surface area (Å²) < 4.78 is 5.59. The van der Waals surface area contributed by atoms with E-state index in [0.29, 0.717) is 39.3 Å². The van der Waals surface area contributed by atoms with Crippen LogP contribution in [-0.4, -0.2) is 35.9 Å². The number of likely N-dealkylation sites (N-methyl/N-ethyl adjacent to an activating group) is 1. The number of rotatable bonds is 9. The lowest BCUT2D eigenvalue weighted by Gasteiger charge is -2.31. The fraction of sp³-hybridized carbons (Fsp3) is 0.333. The second-order valence-corrected chi connectivity index (χ2v) is 7.48. The Kier molecular flexibility index (Phi) is 9.08. The van der Waals surface area contributed by atoms with E-state index in [2.05, 4.69) is 5.32 Å². The summed E-state index contributed by atoms with van der Waals surface area (Å²) in [5, 5.41) is 4.02. The standard InChI is InChI=1S/C21H23Cl3N2O3/c1-3-18(21(28)25-4-2)26(12-14-15(22)9-7-10-16(14)23)20(27)13-29-19-11-6-5-8-17(19)24/h5-11,18H,3-4,12-13H2,1-2H3,(H,25,28)/t18-/m0/s1. The topological polar surface area (TPSA) is 58.6 Å². The Morgan fingerprint density at radius 2 is 1.62 bits per heavy atom. The molecule has 2 rings (SSSR count). The minimum absolute atomic E-state index is 0.0822. The highest BCUT2D eigenvalue weighted by Crippen LogP contribution is 2.27. The largest absolute Gasteiger partial charge is 0.482 e. The number of amides is 2. The molecule has 0 radical (unpaired) electrons. The van der Waals surface area contributed by atoms with Crippen LogP contribution in [-0.2, 0) is 16.1 Å². The number of carbonyl (C=O) groups excluding carboxylic acids is 2. The Labute approximate surface area is 185 Å². The lowest BCUT2D eigenvalue weighted by Crippen LogP contribution is -2.50. The van der Waals surface area contributed by atoms with Crippen LogP contribution in [0.5, 0.6) is 5.75 Å². The number of nitrogens with zero attached hydrogens (tertiary/aromatic N) is 1. The van der Waals surface area contributed by atoms with Gasteiger partial charge in [0.05, 0.1) is 5.02 Å². The molecule has 0 spiro atoms. The van der Waals surface area contributed by atoms with Gasteiger partial charge in [-0.3, -0.25) is 9.59 Å². The molecule has 0 unspecified atom stereocenters. The molecule has 0 aliphatic rings. The Hall–Kier alpha value is -1.95. The van der Waals surface area contributed by atoms with Crippen molar-refractivity contribution in [3.63, 3.8) is 0 Å². The van der Waals surface area contributed by atoms with Crippen LogP contribution in [0.4, 0.5) is 0 Å². The van der Waals surface area contributed by atoms with E-state index in [-0.39, 0.29) is 25.0 Å². The number of carbonyl (C=O) groups is 2. The van der Waals surface area contributed by atoms with Gasteiger partial charge in [-0.05, 0) is 37.6 Å². The first-order chi connectivity index (χ1) is 13.9. The lowest BCUT2D eigenvalue weighted by molar-refractivity contribution is -0.142. The number of hydrogen-bond donors (Lipinski definition) is 1. The van der Waals surface area contributed by atoms with E-state index >= 15 is 0 Å². The number of para-hydroxylation sites is 1. The van der Waals surface area contributed by atoms with Gasteiger partial charge in [0.25, 0.3) is 5.91 Å². The SMILES string of the molecule is CCNC(=O)[C@H](CC)N(Cc1c(Cl)cccc1Cl)C(=O)COc1ccccc1Cl. The molecular formula is C21H23Cl3N2O3. The fourth-order valence-corrected chi connectivity index (χ4v) is 3.56. The second-order valence-electron chi connectivity index (χ2n) is 6.26. The summed E-state index contributed by atoms with van der Waals surface area (Å²) in [6.07, 6.45) is 0.422. The maximum absolute atomic E-state index is 13.1. The van der Waals surface area contributed by atoms with Crippen molar-refractivity contribution in [3.05, 3.63) is 63.1 Å². The van der Waals surface area contributed by atoms with Crippen molar-refractivity contribution in [2.45, 2.75) is 32.9 Å². The predicted octanol–water partition coefficient (Wildman–Crippen LogP) is 4.97. The van der Waals surface area contributed by atoms with Crippen LogP contribution < -0.4 is 10.1 Å². The van der Waals surface area contributed by atoms with Crippen LogP contribution in [0.3, 0.4) is 0 Å². The third-order valence-electron chi connectivity index (χ3n) is 4.31. The Bertz CT molecular complexity index is 841. The van der Waals surface area contributed by atoms with E-state index in [1.165, 1.54) is 4.90 Å². The van der Waals surface area contributed by atoms with Gasteiger partial charge in [-0.15, -0.1) is 0 Å².